The minimum Gasteiger partial charge on any atom is -0.482 e. The lowest BCUT2D eigenvalue weighted by Crippen LogP contribution is -2.44. The second kappa shape index (κ2) is 7.85. The van der Waals surface area contributed by atoms with E-state index in [-0.39, 0.29) is 30.5 Å². The number of nitrogens with zero attached hydrogens (tertiary/aromatic N) is 3. The molecule has 3 rings (SSSR count). The number of carbonyl (C=O) groups is 3. The van der Waals surface area contributed by atoms with Crippen molar-refractivity contribution in [1.29, 1.82) is 0 Å². The molecule has 0 aliphatic carbocycles. The first-order chi connectivity index (χ1) is 12.9. The van der Waals surface area contributed by atoms with E-state index < -0.39 is 0 Å². The van der Waals surface area contributed by atoms with Gasteiger partial charge in [-0.2, -0.15) is 0 Å². The van der Waals surface area contributed by atoms with Crippen LogP contribution in [0, 0.1) is 0 Å². The lowest BCUT2D eigenvalue weighted by atomic mass is 10.1. The van der Waals surface area contributed by atoms with E-state index in [1.54, 1.807) is 35.0 Å². The molecule has 2 aliphatic rings. The van der Waals surface area contributed by atoms with Crippen molar-refractivity contribution in [1.82, 2.24) is 15.1 Å². The molecule has 0 spiro atoms. The van der Waals surface area contributed by atoms with Gasteiger partial charge in [0.25, 0.3) is 11.8 Å². The zero-order valence-corrected chi connectivity index (χ0v) is 16.0. The van der Waals surface area contributed by atoms with Crippen LogP contribution in [0.1, 0.15) is 30.6 Å². The summed E-state index contributed by atoms with van der Waals surface area (Å²) in [5, 5.41) is 2.89. The average Bonchev–Trinajstić information content (AvgIpc) is 2.90. The van der Waals surface area contributed by atoms with E-state index in [1.807, 2.05) is 13.8 Å². The molecule has 0 aromatic heterocycles. The Hall–Kier alpha value is -2.77. The van der Waals surface area contributed by atoms with E-state index in [2.05, 4.69) is 5.32 Å². The summed E-state index contributed by atoms with van der Waals surface area (Å²) in [5.41, 5.74) is 1.11. The smallest absolute Gasteiger partial charge is 0.317 e. The topological polar surface area (TPSA) is 82.2 Å². The number of rotatable bonds is 2. The van der Waals surface area contributed by atoms with Gasteiger partial charge < -0.3 is 24.8 Å². The van der Waals surface area contributed by atoms with Crippen molar-refractivity contribution in [2.45, 2.75) is 26.3 Å². The van der Waals surface area contributed by atoms with Crippen molar-refractivity contribution >= 4 is 23.5 Å². The maximum absolute atomic E-state index is 12.9. The Morgan fingerprint density at radius 2 is 1.81 bits per heavy atom. The molecule has 27 heavy (non-hydrogen) atoms. The molecule has 1 saturated heterocycles. The van der Waals surface area contributed by atoms with Crippen molar-refractivity contribution < 1.29 is 19.1 Å². The fourth-order valence-electron chi connectivity index (χ4n) is 3.25. The van der Waals surface area contributed by atoms with E-state index >= 15 is 0 Å². The summed E-state index contributed by atoms with van der Waals surface area (Å²) >= 11 is 0. The van der Waals surface area contributed by atoms with Crippen molar-refractivity contribution in [3.8, 4) is 5.75 Å². The van der Waals surface area contributed by atoms with Crippen LogP contribution in [0.2, 0.25) is 0 Å². The number of likely N-dealkylation sites (N-methyl/N-ethyl adjacent to an activating group) is 1. The molecule has 0 radical (unpaired) electrons. The monoisotopic (exact) mass is 374 g/mol. The summed E-state index contributed by atoms with van der Waals surface area (Å²) in [4.78, 5) is 42.0. The van der Waals surface area contributed by atoms with Gasteiger partial charge in [-0.05, 0) is 38.5 Å². The molecule has 1 N–H and O–H groups in total. The van der Waals surface area contributed by atoms with Crippen LogP contribution < -0.4 is 15.0 Å². The average molecular weight is 374 g/mol. The Labute approximate surface area is 159 Å². The zero-order valence-electron chi connectivity index (χ0n) is 16.0. The second-order valence-electron chi connectivity index (χ2n) is 7.16. The van der Waals surface area contributed by atoms with Crippen LogP contribution in [0.4, 0.5) is 10.5 Å². The van der Waals surface area contributed by atoms with E-state index in [0.717, 1.165) is 6.42 Å². The van der Waals surface area contributed by atoms with Gasteiger partial charge in [-0.15, -0.1) is 0 Å². The number of anilines is 1. The SMILES string of the molecule is CC(C)NC(=O)N1CCCN(C(=O)c2ccc3c(c2)N(C)C(=O)CO3)CC1. The maximum Gasteiger partial charge on any atom is 0.317 e. The normalized spacial score (nSPS) is 17.3. The Morgan fingerprint density at radius 3 is 2.56 bits per heavy atom. The first-order valence-electron chi connectivity index (χ1n) is 9.25. The molecule has 2 heterocycles. The van der Waals surface area contributed by atoms with E-state index in [9.17, 15) is 14.4 Å². The van der Waals surface area contributed by atoms with Gasteiger partial charge in [-0.3, -0.25) is 9.59 Å². The summed E-state index contributed by atoms with van der Waals surface area (Å²) in [6.07, 6.45) is 0.726. The van der Waals surface area contributed by atoms with Crippen molar-refractivity contribution in [3.63, 3.8) is 0 Å². The molecule has 8 heteroatoms. The molecule has 1 aromatic carbocycles. The highest BCUT2D eigenvalue weighted by atomic mass is 16.5. The van der Waals surface area contributed by atoms with Gasteiger partial charge in [0, 0.05) is 44.8 Å². The molecule has 2 aliphatic heterocycles. The summed E-state index contributed by atoms with van der Waals surface area (Å²) < 4.78 is 5.41. The predicted octanol–water partition coefficient (Wildman–Crippen LogP) is 1.31. The van der Waals surface area contributed by atoms with E-state index in [4.69, 9.17) is 4.74 Å². The Morgan fingerprint density at radius 1 is 1.11 bits per heavy atom. The number of nitrogens with one attached hydrogen (secondary N) is 1. The van der Waals surface area contributed by atoms with Gasteiger partial charge in [0.2, 0.25) is 0 Å². The minimum atomic E-state index is -0.145. The quantitative estimate of drug-likeness (QED) is 0.846. The van der Waals surface area contributed by atoms with Crippen LogP contribution in [0.3, 0.4) is 0 Å². The van der Waals surface area contributed by atoms with Crippen molar-refractivity contribution in [2.24, 2.45) is 0 Å². The molecule has 8 nitrogen and oxygen atoms in total. The number of amides is 4. The summed E-state index contributed by atoms with van der Waals surface area (Å²) in [6.45, 7) is 6.05. The standard InChI is InChI=1S/C19H26N4O4/c1-13(2)20-19(26)23-8-4-7-22(9-10-23)18(25)14-5-6-16-15(11-14)21(3)17(24)12-27-16/h5-6,11,13H,4,7-10,12H2,1-3H3,(H,20,26). The van der Waals surface area contributed by atoms with Crippen LogP contribution in [-0.4, -0.2) is 73.5 Å². The molecular formula is C19H26N4O4. The van der Waals surface area contributed by atoms with Crippen molar-refractivity contribution in [2.75, 3.05) is 44.7 Å². The van der Waals surface area contributed by atoms with Gasteiger partial charge in [-0.25, -0.2) is 4.79 Å². The van der Waals surface area contributed by atoms with Crippen LogP contribution in [0.25, 0.3) is 0 Å². The number of urea groups is 1. The predicted molar refractivity (Wildman–Crippen MR) is 101 cm³/mol. The van der Waals surface area contributed by atoms with Gasteiger partial charge >= 0.3 is 6.03 Å². The fourth-order valence-corrected chi connectivity index (χ4v) is 3.25. The van der Waals surface area contributed by atoms with Crippen molar-refractivity contribution in [3.05, 3.63) is 23.8 Å². The lowest BCUT2D eigenvalue weighted by molar-refractivity contribution is -0.120. The highest BCUT2D eigenvalue weighted by molar-refractivity contribution is 6.01. The Bertz CT molecular complexity index is 749. The summed E-state index contributed by atoms with van der Waals surface area (Å²) in [5.74, 6) is 0.352. The maximum atomic E-state index is 12.9. The second-order valence-corrected chi connectivity index (χ2v) is 7.16. The van der Waals surface area contributed by atoms with E-state index in [1.165, 1.54) is 4.90 Å². The highest BCUT2D eigenvalue weighted by Crippen LogP contribution is 2.32. The minimum absolute atomic E-state index is 0.0111. The molecule has 0 unspecified atom stereocenters. The molecule has 0 bridgehead atoms. The van der Waals surface area contributed by atoms with Gasteiger partial charge in [0.1, 0.15) is 5.75 Å². The number of carbonyl (C=O) groups excluding carboxylic acids is 3. The molecule has 1 aromatic rings. The molecular weight excluding hydrogens is 348 g/mol. The molecule has 0 saturated carbocycles. The van der Waals surface area contributed by atoms with Crippen LogP contribution in [0.5, 0.6) is 5.75 Å². The Kier molecular flexibility index (Phi) is 5.53. The molecule has 146 valence electrons. The number of hydrogen-bond acceptors (Lipinski definition) is 4. The molecule has 0 atom stereocenters. The van der Waals surface area contributed by atoms with Crippen LogP contribution in [0.15, 0.2) is 18.2 Å². The Balaban J connectivity index is 1.70. The van der Waals surface area contributed by atoms with Gasteiger partial charge in [0.15, 0.2) is 6.61 Å². The lowest BCUT2D eigenvalue weighted by Gasteiger charge is -2.27. The van der Waals surface area contributed by atoms with Gasteiger partial charge in [-0.1, -0.05) is 0 Å². The number of ether oxygens (including phenoxy) is 1. The third kappa shape index (κ3) is 4.15. The first kappa shape index (κ1) is 19.0. The summed E-state index contributed by atoms with van der Waals surface area (Å²) in [6, 6.07) is 5.13. The summed E-state index contributed by atoms with van der Waals surface area (Å²) in [7, 11) is 1.68. The largest absolute Gasteiger partial charge is 0.482 e. The number of fused-ring (bicyclic) bond motifs is 1. The number of benzene rings is 1. The highest BCUT2D eigenvalue weighted by Gasteiger charge is 2.26. The van der Waals surface area contributed by atoms with E-state index in [0.29, 0.717) is 43.2 Å². The number of hydrogen-bond donors (Lipinski definition) is 1. The molecule has 1 fully saturated rings. The first-order valence-corrected chi connectivity index (χ1v) is 9.25. The zero-order chi connectivity index (χ0) is 19.6. The molecule has 4 amide bonds. The third-order valence-electron chi connectivity index (χ3n) is 4.77. The fraction of sp³-hybridized carbons (Fsp3) is 0.526. The van der Waals surface area contributed by atoms with Gasteiger partial charge in [0.05, 0.1) is 5.69 Å². The third-order valence-corrected chi connectivity index (χ3v) is 4.77. The van der Waals surface area contributed by atoms with Crippen LogP contribution in [-0.2, 0) is 4.79 Å². The van der Waals surface area contributed by atoms with Crippen LogP contribution >= 0.6 is 0 Å².